The van der Waals surface area contributed by atoms with Gasteiger partial charge in [-0.05, 0) is 36.0 Å². The van der Waals surface area contributed by atoms with Crippen LogP contribution in [0, 0.1) is 16.7 Å². The third-order valence-electron chi connectivity index (χ3n) is 5.78. The van der Waals surface area contributed by atoms with Crippen LogP contribution in [0.2, 0.25) is 0 Å². The van der Waals surface area contributed by atoms with Gasteiger partial charge in [-0.2, -0.15) is 0 Å². The Balaban J connectivity index is 2.04. The van der Waals surface area contributed by atoms with E-state index in [9.17, 15) is 4.79 Å². The van der Waals surface area contributed by atoms with Crippen LogP contribution in [0.3, 0.4) is 0 Å². The fraction of sp³-hybridized carbons (Fsp3) is 0.812. The van der Waals surface area contributed by atoms with E-state index in [1.807, 2.05) is 6.92 Å². The minimum atomic E-state index is -0.442. The van der Waals surface area contributed by atoms with Crippen LogP contribution in [0.4, 0.5) is 0 Å². The van der Waals surface area contributed by atoms with Gasteiger partial charge in [0.05, 0.1) is 6.10 Å². The maximum absolute atomic E-state index is 11.3. The fourth-order valence-corrected chi connectivity index (χ4v) is 3.90. The lowest BCUT2D eigenvalue weighted by molar-refractivity contribution is -0.201. The zero-order valence-electron chi connectivity index (χ0n) is 12.6. The van der Waals surface area contributed by atoms with Crippen molar-refractivity contribution in [2.45, 2.75) is 65.8 Å². The summed E-state index contributed by atoms with van der Waals surface area (Å²) in [6, 6.07) is 0. The topological polar surface area (TPSA) is 35.5 Å². The summed E-state index contributed by atoms with van der Waals surface area (Å²) in [6.45, 7) is 12.4. The maximum atomic E-state index is 11.3. The van der Waals surface area contributed by atoms with Gasteiger partial charge < -0.3 is 9.47 Å². The SMILES string of the molecule is C=CC(=O)OC(CC)OC1CC2CCC1(C)C2(C)C. The first-order chi connectivity index (χ1) is 8.85. The van der Waals surface area contributed by atoms with Crippen LogP contribution < -0.4 is 0 Å². The van der Waals surface area contributed by atoms with E-state index in [0.29, 0.717) is 11.8 Å². The Labute approximate surface area is 116 Å². The Kier molecular flexibility index (Phi) is 3.78. The molecule has 0 spiro atoms. The van der Waals surface area contributed by atoms with Gasteiger partial charge in [0.25, 0.3) is 0 Å². The molecule has 2 bridgehead atoms. The van der Waals surface area contributed by atoms with E-state index in [1.54, 1.807) is 0 Å². The van der Waals surface area contributed by atoms with Crippen molar-refractivity contribution in [2.24, 2.45) is 16.7 Å². The summed E-state index contributed by atoms with van der Waals surface area (Å²) in [6.07, 6.45) is 5.22. The standard InChI is InChI=1S/C16H26O3/c1-6-13(17)19-14(7-2)18-12-10-11-8-9-16(12,5)15(11,3)4/h6,11-12,14H,1,7-10H2,2-5H3. The summed E-state index contributed by atoms with van der Waals surface area (Å²) in [5.41, 5.74) is 0.518. The molecule has 4 unspecified atom stereocenters. The minimum absolute atomic E-state index is 0.198. The van der Waals surface area contributed by atoms with Crippen molar-refractivity contribution in [1.29, 1.82) is 0 Å². The summed E-state index contributed by atoms with van der Waals surface area (Å²) in [7, 11) is 0. The molecule has 0 aromatic heterocycles. The zero-order valence-corrected chi connectivity index (χ0v) is 12.6. The average molecular weight is 266 g/mol. The normalized spacial score (nSPS) is 37.1. The number of hydrogen-bond acceptors (Lipinski definition) is 3. The molecule has 108 valence electrons. The predicted octanol–water partition coefficient (Wildman–Crippen LogP) is 3.68. The van der Waals surface area contributed by atoms with Gasteiger partial charge in [-0.1, -0.05) is 34.3 Å². The molecule has 0 aliphatic heterocycles. The number of carbonyl (C=O) groups excluding carboxylic acids is 1. The highest BCUT2D eigenvalue weighted by Gasteiger charge is 2.62. The summed E-state index contributed by atoms with van der Waals surface area (Å²) in [4.78, 5) is 11.3. The van der Waals surface area contributed by atoms with Crippen molar-refractivity contribution in [3.8, 4) is 0 Å². The largest absolute Gasteiger partial charge is 0.433 e. The van der Waals surface area contributed by atoms with Crippen molar-refractivity contribution in [2.75, 3.05) is 0 Å². The van der Waals surface area contributed by atoms with Gasteiger partial charge in [-0.3, -0.25) is 0 Å². The molecule has 0 N–H and O–H groups in total. The number of carbonyl (C=O) groups is 1. The molecule has 0 amide bonds. The van der Waals surface area contributed by atoms with Crippen LogP contribution in [0.1, 0.15) is 53.4 Å². The molecule has 0 aromatic carbocycles. The lowest BCUT2D eigenvalue weighted by atomic mass is 9.70. The monoisotopic (exact) mass is 266 g/mol. The molecule has 0 saturated heterocycles. The quantitative estimate of drug-likeness (QED) is 0.432. The average Bonchev–Trinajstić information content (AvgIpc) is 2.70. The van der Waals surface area contributed by atoms with Gasteiger partial charge in [0.1, 0.15) is 0 Å². The van der Waals surface area contributed by atoms with Gasteiger partial charge in [-0.15, -0.1) is 0 Å². The van der Waals surface area contributed by atoms with Gasteiger partial charge in [0.2, 0.25) is 6.29 Å². The molecule has 2 rings (SSSR count). The lowest BCUT2D eigenvalue weighted by Gasteiger charge is -2.39. The molecule has 2 aliphatic carbocycles. The molecular formula is C16H26O3. The Morgan fingerprint density at radius 2 is 2.16 bits per heavy atom. The van der Waals surface area contributed by atoms with Crippen LogP contribution in [-0.4, -0.2) is 18.4 Å². The second-order valence-corrected chi connectivity index (χ2v) is 6.71. The van der Waals surface area contributed by atoms with E-state index < -0.39 is 12.3 Å². The van der Waals surface area contributed by atoms with Crippen molar-refractivity contribution in [1.82, 2.24) is 0 Å². The van der Waals surface area contributed by atoms with Crippen LogP contribution in [-0.2, 0) is 14.3 Å². The Morgan fingerprint density at radius 1 is 1.47 bits per heavy atom. The van der Waals surface area contributed by atoms with E-state index in [2.05, 4.69) is 27.4 Å². The van der Waals surface area contributed by atoms with E-state index in [0.717, 1.165) is 12.3 Å². The third kappa shape index (κ3) is 2.22. The summed E-state index contributed by atoms with van der Waals surface area (Å²) in [5.74, 6) is 0.328. The summed E-state index contributed by atoms with van der Waals surface area (Å²) < 4.78 is 11.4. The Hall–Kier alpha value is -0.830. The number of ether oxygens (including phenoxy) is 2. The maximum Gasteiger partial charge on any atom is 0.332 e. The molecule has 2 saturated carbocycles. The fourth-order valence-electron chi connectivity index (χ4n) is 3.90. The first-order valence-corrected chi connectivity index (χ1v) is 7.33. The van der Waals surface area contributed by atoms with Crippen molar-refractivity contribution >= 4 is 5.97 Å². The number of rotatable bonds is 5. The molecule has 3 heteroatoms. The summed E-state index contributed by atoms with van der Waals surface area (Å²) in [5, 5.41) is 0. The second kappa shape index (κ2) is 4.93. The van der Waals surface area contributed by atoms with Crippen LogP contribution in [0.5, 0.6) is 0 Å². The first kappa shape index (κ1) is 14.6. The Bertz CT molecular complexity index is 374. The van der Waals surface area contributed by atoms with Gasteiger partial charge in [0.15, 0.2) is 0 Å². The van der Waals surface area contributed by atoms with Gasteiger partial charge >= 0.3 is 5.97 Å². The summed E-state index contributed by atoms with van der Waals surface area (Å²) >= 11 is 0. The molecular weight excluding hydrogens is 240 g/mol. The van der Waals surface area contributed by atoms with Gasteiger partial charge in [-0.25, -0.2) is 4.79 Å². The van der Waals surface area contributed by atoms with Gasteiger partial charge in [0, 0.05) is 12.5 Å². The molecule has 3 nitrogen and oxygen atoms in total. The van der Waals surface area contributed by atoms with Crippen LogP contribution >= 0.6 is 0 Å². The van der Waals surface area contributed by atoms with Crippen LogP contribution in [0.25, 0.3) is 0 Å². The van der Waals surface area contributed by atoms with Crippen molar-refractivity contribution in [3.05, 3.63) is 12.7 Å². The minimum Gasteiger partial charge on any atom is -0.433 e. The smallest absolute Gasteiger partial charge is 0.332 e. The number of hydrogen-bond donors (Lipinski definition) is 0. The molecule has 0 aromatic rings. The molecule has 0 heterocycles. The van der Waals surface area contributed by atoms with E-state index in [-0.39, 0.29) is 11.5 Å². The second-order valence-electron chi connectivity index (χ2n) is 6.71. The molecule has 0 radical (unpaired) electrons. The molecule has 2 fully saturated rings. The lowest BCUT2D eigenvalue weighted by Crippen LogP contribution is -2.40. The van der Waals surface area contributed by atoms with E-state index in [1.165, 1.54) is 18.9 Å². The van der Waals surface area contributed by atoms with Crippen molar-refractivity contribution < 1.29 is 14.3 Å². The number of esters is 1. The molecule has 4 atom stereocenters. The highest BCUT2D eigenvalue weighted by atomic mass is 16.7. The van der Waals surface area contributed by atoms with Crippen LogP contribution in [0.15, 0.2) is 12.7 Å². The molecule has 2 aliphatic rings. The first-order valence-electron chi connectivity index (χ1n) is 7.33. The van der Waals surface area contributed by atoms with E-state index in [4.69, 9.17) is 9.47 Å². The number of fused-ring (bicyclic) bond motifs is 2. The highest BCUT2D eigenvalue weighted by molar-refractivity contribution is 5.81. The Morgan fingerprint density at radius 3 is 2.58 bits per heavy atom. The predicted molar refractivity (Wildman–Crippen MR) is 74.5 cm³/mol. The molecule has 19 heavy (non-hydrogen) atoms. The third-order valence-corrected chi connectivity index (χ3v) is 5.78. The zero-order chi connectivity index (χ0) is 14.3. The highest BCUT2D eigenvalue weighted by Crippen LogP contribution is 2.66. The van der Waals surface area contributed by atoms with E-state index >= 15 is 0 Å². The van der Waals surface area contributed by atoms with Crippen molar-refractivity contribution in [3.63, 3.8) is 0 Å².